The van der Waals surface area contributed by atoms with Crippen molar-refractivity contribution in [3.8, 4) is 22.5 Å². The van der Waals surface area contributed by atoms with Crippen LogP contribution in [0, 0.1) is 0 Å². The third-order valence-electron chi connectivity index (χ3n) is 11.7. The Labute approximate surface area is 323 Å². The molecule has 5 aromatic carbocycles. The molecule has 54 heavy (non-hydrogen) atoms. The molecule has 7 aromatic rings. The lowest BCUT2D eigenvalue weighted by Gasteiger charge is -2.27. The quantitative estimate of drug-likeness (QED) is 0.173. The zero-order valence-electron chi connectivity index (χ0n) is 34.7. The SMILES string of the molecule is CC(C)(C)c1cc(C(C)(C)C)c2c(c1)c1c(n2-c2cccc(-c3cccc(-n4c5ccccc5c5cc(C(C)(C)C)cc(C(C)(C)C)c54)c3)c2)CCC=C1. The Bertz CT molecular complexity index is 2620. The van der Waals surface area contributed by atoms with Crippen LogP contribution in [0.25, 0.3) is 61.3 Å². The molecule has 0 bridgehead atoms. The van der Waals surface area contributed by atoms with Crippen LogP contribution in [0.3, 0.4) is 0 Å². The highest BCUT2D eigenvalue weighted by Gasteiger charge is 2.30. The molecule has 0 radical (unpaired) electrons. The van der Waals surface area contributed by atoms with Gasteiger partial charge in [0.2, 0.25) is 0 Å². The summed E-state index contributed by atoms with van der Waals surface area (Å²) in [5, 5.41) is 4.01. The van der Waals surface area contributed by atoms with Crippen molar-refractivity contribution in [2.24, 2.45) is 0 Å². The number of fused-ring (bicyclic) bond motifs is 6. The van der Waals surface area contributed by atoms with Gasteiger partial charge in [0, 0.05) is 38.8 Å². The molecule has 0 N–H and O–H groups in total. The van der Waals surface area contributed by atoms with Gasteiger partial charge < -0.3 is 9.13 Å². The molecular weight excluding hydrogens is 653 g/mol. The van der Waals surface area contributed by atoms with Crippen molar-refractivity contribution in [2.75, 3.05) is 0 Å². The summed E-state index contributed by atoms with van der Waals surface area (Å²) in [5.41, 5.74) is 17.2. The lowest BCUT2D eigenvalue weighted by atomic mass is 9.79. The van der Waals surface area contributed by atoms with Crippen LogP contribution in [0.1, 0.15) is 123 Å². The van der Waals surface area contributed by atoms with Crippen molar-refractivity contribution >= 4 is 38.8 Å². The zero-order chi connectivity index (χ0) is 38.5. The molecule has 1 aliphatic rings. The lowest BCUT2D eigenvalue weighted by Crippen LogP contribution is -2.18. The third-order valence-corrected chi connectivity index (χ3v) is 11.7. The molecule has 2 aromatic heterocycles. The van der Waals surface area contributed by atoms with E-state index in [1.165, 1.54) is 88.7 Å². The van der Waals surface area contributed by atoms with Crippen LogP contribution in [-0.4, -0.2) is 9.13 Å². The van der Waals surface area contributed by atoms with E-state index >= 15 is 0 Å². The maximum atomic E-state index is 2.60. The van der Waals surface area contributed by atoms with Crippen molar-refractivity contribution < 1.29 is 0 Å². The molecule has 0 aliphatic heterocycles. The minimum Gasteiger partial charge on any atom is -0.313 e. The standard InChI is InChI=1S/C52H58N2/c1-49(2,3)35-29-41-39-23-13-15-25-45(39)53(47(41)43(31-35)51(7,8)9)37-21-17-19-33(27-37)34-20-18-22-38(28-34)54-46-26-16-14-24-40(46)42-30-36(50(4,5)6)32-44(48(42)54)52(10,11)12/h13-15,17-25,27-32H,16,26H2,1-12H3. The fourth-order valence-electron chi connectivity index (χ4n) is 8.65. The Hall–Kier alpha value is -4.82. The van der Waals surface area contributed by atoms with Crippen molar-refractivity contribution in [2.45, 2.75) is 118 Å². The van der Waals surface area contributed by atoms with Gasteiger partial charge in [-0.2, -0.15) is 0 Å². The van der Waals surface area contributed by atoms with Crippen LogP contribution in [0.4, 0.5) is 0 Å². The van der Waals surface area contributed by atoms with Gasteiger partial charge in [0.25, 0.3) is 0 Å². The second kappa shape index (κ2) is 12.4. The molecule has 0 fully saturated rings. The molecule has 0 saturated carbocycles. The van der Waals surface area contributed by atoms with Gasteiger partial charge in [-0.1, -0.05) is 150 Å². The number of aromatic nitrogens is 2. The van der Waals surface area contributed by atoms with Crippen LogP contribution in [0.2, 0.25) is 0 Å². The first-order chi connectivity index (χ1) is 25.3. The Kier molecular flexibility index (Phi) is 8.27. The zero-order valence-corrected chi connectivity index (χ0v) is 34.7. The van der Waals surface area contributed by atoms with E-state index in [9.17, 15) is 0 Å². The van der Waals surface area contributed by atoms with Crippen molar-refractivity contribution in [1.82, 2.24) is 9.13 Å². The molecule has 2 heteroatoms. The highest BCUT2D eigenvalue weighted by atomic mass is 15.0. The van der Waals surface area contributed by atoms with E-state index < -0.39 is 0 Å². The summed E-state index contributed by atoms with van der Waals surface area (Å²) in [5.74, 6) is 0. The van der Waals surface area contributed by atoms with Crippen LogP contribution in [0.15, 0.2) is 103 Å². The normalized spacial score (nSPS) is 14.1. The van der Waals surface area contributed by atoms with E-state index in [-0.39, 0.29) is 21.7 Å². The predicted octanol–water partition coefficient (Wildman–Crippen LogP) is 14.5. The van der Waals surface area contributed by atoms with E-state index in [0.29, 0.717) is 0 Å². The van der Waals surface area contributed by atoms with Gasteiger partial charge in [-0.25, -0.2) is 0 Å². The number of hydrogen-bond acceptors (Lipinski definition) is 0. The Morgan fingerprint density at radius 1 is 0.463 bits per heavy atom. The molecule has 276 valence electrons. The molecule has 2 heterocycles. The highest BCUT2D eigenvalue weighted by molar-refractivity contribution is 6.11. The molecule has 0 amide bonds. The largest absolute Gasteiger partial charge is 0.313 e. The van der Waals surface area contributed by atoms with Crippen LogP contribution < -0.4 is 0 Å². The smallest absolute Gasteiger partial charge is 0.0578 e. The third kappa shape index (κ3) is 6.03. The number of hydrogen-bond donors (Lipinski definition) is 0. The van der Waals surface area contributed by atoms with Crippen LogP contribution in [0.5, 0.6) is 0 Å². The first-order valence-corrected chi connectivity index (χ1v) is 20.0. The van der Waals surface area contributed by atoms with Gasteiger partial charge in [0.15, 0.2) is 0 Å². The second-order valence-corrected chi connectivity index (χ2v) is 19.9. The summed E-state index contributed by atoms with van der Waals surface area (Å²) < 4.78 is 5.12. The van der Waals surface area contributed by atoms with Gasteiger partial charge in [-0.05, 0) is 110 Å². The van der Waals surface area contributed by atoms with Crippen molar-refractivity contribution in [1.29, 1.82) is 0 Å². The minimum absolute atomic E-state index is 0.0181. The number of para-hydroxylation sites is 1. The number of benzene rings is 5. The van der Waals surface area contributed by atoms with Gasteiger partial charge in [0.05, 0.1) is 16.6 Å². The van der Waals surface area contributed by atoms with E-state index in [1.807, 2.05) is 0 Å². The molecule has 0 saturated heterocycles. The maximum Gasteiger partial charge on any atom is 0.0578 e. The first-order valence-electron chi connectivity index (χ1n) is 20.0. The summed E-state index contributed by atoms with van der Waals surface area (Å²) >= 11 is 0. The average molecular weight is 711 g/mol. The average Bonchev–Trinajstić information content (AvgIpc) is 3.62. The first kappa shape index (κ1) is 36.2. The Balaban J connectivity index is 1.35. The molecular formula is C52H58N2. The summed E-state index contributed by atoms with van der Waals surface area (Å²) in [6.07, 6.45) is 6.84. The van der Waals surface area contributed by atoms with E-state index in [2.05, 4.69) is 201 Å². The summed E-state index contributed by atoms with van der Waals surface area (Å²) in [4.78, 5) is 0. The Morgan fingerprint density at radius 3 is 1.54 bits per heavy atom. The molecule has 1 aliphatic carbocycles. The molecule has 8 rings (SSSR count). The fourth-order valence-corrected chi connectivity index (χ4v) is 8.65. The highest BCUT2D eigenvalue weighted by Crippen LogP contribution is 2.44. The predicted molar refractivity (Wildman–Crippen MR) is 235 cm³/mol. The lowest BCUT2D eigenvalue weighted by molar-refractivity contribution is 0.571. The van der Waals surface area contributed by atoms with Crippen LogP contribution in [-0.2, 0) is 28.1 Å². The topological polar surface area (TPSA) is 9.86 Å². The molecule has 0 spiro atoms. The molecule has 0 atom stereocenters. The van der Waals surface area contributed by atoms with Crippen LogP contribution >= 0.6 is 0 Å². The Morgan fingerprint density at radius 2 is 0.981 bits per heavy atom. The number of nitrogens with zero attached hydrogens (tertiary/aromatic N) is 2. The summed E-state index contributed by atoms with van der Waals surface area (Å²) in [7, 11) is 0. The molecule has 2 nitrogen and oxygen atoms in total. The van der Waals surface area contributed by atoms with Crippen molar-refractivity contribution in [3.05, 3.63) is 137 Å². The van der Waals surface area contributed by atoms with Gasteiger partial charge in [-0.3, -0.25) is 0 Å². The fraction of sp³-hybridized carbons (Fsp3) is 0.346. The number of allylic oxidation sites excluding steroid dienone is 1. The summed E-state index contributed by atoms with van der Waals surface area (Å²) in [6.45, 7) is 28.2. The van der Waals surface area contributed by atoms with E-state index in [1.54, 1.807) is 0 Å². The van der Waals surface area contributed by atoms with Crippen molar-refractivity contribution in [3.63, 3.8) is 0 Å². The maximum absolute atomic E-state index is 2.60. The van der Waals surface area contributed by atoms with Gasteiger partial charge in [-0.15, -0.1) is 0 Å². The van der Waals surface area contributed by atoms with Gasteiger partial charge >= 0.3 is 0 Å². The number of rotatable bonds is 3. The van der Waals surface area contributed by atoms with Gasteiger partial charge in [0.1, 0.15) is 0 Å². The minimum atomic E-state index is -0.0367. The second-order valence-electron chi connectivity index (χ2n) is 19.9. The molecule has 0 unspecified atom stereocenters. The van der Waals surface area contributed by atoms with E-state index in [4.69, 9.17) is 0 Å². The van der Waals surface area contributed by atoms with E-state index in [0.717, 1.165) is 12.8 Å². The summed E-state index contributed by atoms with van der Waals surface area (Å²) in [6, 6.07) is 37.3. The monoisotopic (exact) mass is 710 g/mol.